The summed E-state index contributed by atoms with van der Waals surface area (Å²) < 4.78 is 27.9. The van der Waals surface area contributed by atoms with Crippen molar-refractivity contribution >= 4 is 22.9 Å². The molecule has 12 heteroatoms. The number of alkyl halides is 1. The van der Waals surface area contributed by atoms with E-state index < -0.39 is 43.1 Å². The number of nitrogens with one attached hydrogen (secondary N) is 1. The number of aliphatic hydroxyl groups excluding tert-OH is 1. The maximum absolute atomic E-state index is 15.6. The Kier molecular flexibility index (Phi) is 6.91. The van der Waals surface area contributed by atoms with Crippen LogP contribution in [0, 0.1) is 0 Å². The van der Waals surface area contributed by atoms with Crippen LogP contribution in [0.2, 0.25) is 0 Å². The number of nitrogens with two attached hydrogens (primary N) is 1. The van der Waals surface area contributed by atoms with Crippen LogP contribution in [0.15, 0.2) is 36.9 Å². The third kappa shape index (κ3) is 4.52. The highest BCUT2D eigenvalue weighted by Crippen LogP contribution is 2.34. The molecule has 0 aliphatic carbocycles. The summed E-state index contributed by atoms with van der Waals surface area (Å²) in [4.78, 5) is 27.3. The first-order chi connectivity index (χ1) is 16.3. The minimum absolute atomic E-state index is 0.254. The molecular weight excluding hydrogens is 445 g/mol. The summed E-state index contributed by atoms with van der Waals surface area (Å²) in [5.74, 6) is 0.723. The van der Waals surface area contributed by atoms with E-state index in [-0.39, 0.29) is 6.42 Å². The lowest BCUT2D eigenvalue weighted by molar-refractivity contribution is -0.123. The number of methoxy groups -OCH3 is 1. The van der Waals surface area contributed by atoms with E-state index in [0.717, 1.165) is 5.56 Å². The van der Waals surface area contributed by atoms with Gasteiger partial charge in [0, 0.05) is 14.1 Å². The fraction of sp³-hybridized carbons (Fsp3) is 0.455. The molecule has 5 atom stereocenters. The zero-order chi connectivity index (χ0) is 24.4. The molecule has 4 N–H and O–H groups in total. The third-order valence-electron chi connectivity index (χ3n) is 5.81. The zero-order valence-electron chi connectivity index (χ0n) is 19.1. The van der Waals surface area contributed by atoms with Gasteiger partial charge in [-0.25, -0.2) is 19.3 Å². The topological polar surface area (TPSA) is 141 Å². The number of aliphatic hydroxyl groups is 1. The molecule has 0 unspecified atom stereocenters. The molecule has 3 aromatic rings. The van der Waals surface area contributed by atoms with Gasteiger partial charge in [-0.2, -0.15) is 0 Å². The number of imidazole rings is 1. The molecule has 1 saturated heterocycles. The van der Waals surface area contributed by atoms with Crippen molar-refractivity contribution in [1.82, 2.24) is 24.8 Å². The van der Waals surface area contributed by atoms with E-state index in [1.807, 2.05) is 26.2 Å². The third-order valence-corrected chi connectivity index (χ3v) is 5.81. The number of hydrogen-bond donors (Lipinski definition) is 3. The van der Waals surface area contributed by atoms with Gasteiger partial charge >= 0.3 is 0 Å². The molecule has 1 amide bonds. The first-order valence-corrected chi connectivity index (χ1v) is 10.8. The van der Waals surface area contributed by atoms with Crippen molar-refractivity contribution in [3.63, 3.8) is 0 Å². The molecule has 2 aromatic heterocycles. The number of anilines is 1. The van der Waals surface area contributed by atoms with Crippen molar-refractivity contribution in [1.29, 1.82) is 0 Å². The van der Waals surface area contributed by atoms with E-state index in [9.17, 15) is 9.90 Å². The average Bonchev–Trinajstić information content (AvgIpc) is 3.40. The lowest BCUT2D eigenvalue weighted by Gasteiger charge is -2.21. The SMILES string of the molecule is COc1ccc(C[C@H](N)C(=O)N[C@H]2[C@@H](F)[C@H](n3cnc4c(N(C)C)ncnc43)O[C@@H]2CO)cc1. The molecule has 0 spiro atoms. The van der Waals surface area contributed by atoms with Crippen LogP contribution in [0.5, 0.6) is 5.75 Å². The number of benzene rings is 1. The number of rotatable bonds is 8. The van der Waals surface area contributed by atoms with E-state index in [2.05, 4.69) is 20.3 Å². The molecule has 0 saturated carbocycles. The van der Waals surface area contributed by atoms with Crippen LogP contribution in [0.3, 0.4) is 0 Å². The minimum atomic E-state index is -1.68. The fourth-order valence-electron chi connectivity index (χ4n) is 4.00. The van der Waals surface area contributed by atoms with Crippen LogP contribution >= 0.6 is 0 Å². The van der Waals surface area contributed by atoms with Crippen molar-refractivity contribution < 1.29 is 23.8 Å². The molecule has 1 fully saturated rings. The molecule has 0 radical (unpaired) electrons. The van der Waals surface area contributed by atoms with Gasteiger partial charge in [0.05, 0.1) is 32.1 Å². The molecule has 182 valence electrons. The number of fused-ring (bicyclic) bond motifs is 1. The van der Waals surface area contributed by atoms with Crippen molar-refractivity contribution in [3.05, 3.63) is 42.5 Å². The van der Waals surface area contributed by atoms with Gasteiger partial charge < -0.3 is 30.5 Å². The lowest BCUT2D eigenvalue weighted by atomic mass is 10.0. The maximum Gasteiger partial charge on any atom is 0.237 e. The number of carbonyl (C=O) groups excluding carboxylic acids is 1. The summed E-state index contributed by atoms with van der Waals surface area (Å²) in [6.45, 7) is -0.486. The summed E-state index contributed by atoms with van der Waals surface area (Å²) in [5, 5.41) is 12.4. The molecule has 0 bridgehead atoms. The Morgan fingerprint density at radius 2 is 2.06 bits per heavy atom. The van der Waals surface area contributed by atoms with E-state index >= 15 is 4.39 Å². The van der Waals surface area contributed by atoms with Crippen molar-refractivity contribution in [2.45, 2.75) is 37.0 Å². The number of halogens is 1. The van der Waals surface area contributed by atoms with E-state index in [1.54, 1.807) is 24.1 Å². The average molecular weight is 474 g/mol. The number of ether oxygens (including phenoxy) is 2. The predicted molar refractivity (Wildman–Crippen MR) is 122 cm³/mol. The summed E-state index contributed by atoms with van der Waals surface area (Å²) >= 11 is 0. The van der Waals surface area contributed by atoms with Crippen LogP contribution in [-0.2, 0) is 16.0 Å². The standard InChI is InChI=1S/C22H28FN7O4/c1-29(2)19-18-20(26-10-25-19)30(11-27-18)22-16(23)17(15(9-31)34-22)28-21(32)14(24)8-12-4-6-13(33-3)7-5-12/h4-7,10-11,14-17,22,31H,8-9,24H2,1-3H3,(H,28,32)/t14-,15+,16+,17+,22+/m0/s1. The minimum Gasteiger partial charge on any atom is -0.497 e. The predicted octanol–water partition coefficient (Wildman–Crippen LogP) is 0.184. The number of aromatic nitrogens is 4. The largest absolute Gasteiger partial charge is 0.497 e. The Balaban J connectivity index is 1.49. The van der Waals surface area contributed by atoms with E-state index in [1.165, 1.54) is 17.2 Å². The van der Waals surface area contributed by atoms with Crippen molar-refractivity contribution in [2.24, 2.45) is 5.73 Å². The quantitative estimate of drug-likeness (QED) is 0.418. The molecule has 1 aliphatic rings. The Morgan fingerprint density at radius 3 is 2.71 bits per heavy atom. The Bertz CT molecular complexity index is 1140. The van der Waals surface area contributed by atoms with Gasteiger partial charge in [0.15, 0.2) is 29.4 Å². The van der Waals surface area contributed by atoms with Crippen molar-refractivity contribution in [3.8, 4) is 5.75 Å². The van der Waals surface area contributed by atoms with Crippen LogP contribution in [-0.4, -0.2) is 82.7 Å². The second kappa shape index (κ2) is 9.87. The Labute approximate surface area is 195 Å². The summed E-state index contributed by atoms with van der Waals surface area (Å²) in [5.41, 5.74) is 7.77. The molecule has 1 aromatic carbocycles. The van der Waals surface area contributed by atoms with Gasteiger partial charge in [-0.1, -0.05) is 12.1 Å². The highest BCUT2D eigenvalue weighted by Gasteiger charge is 2.47. The lowest BCUT2D eigenvalue weighted by Crippen LogP contribution is -2.52. The monoisotopic (exact) mass is 473 g/mol. The molecule has 4 rings (SSSR count). The molecule has 3 heterocycles. The zero-order valence-corrected chi connectivity index (χ0v) is 19.1. The Hall–Kier alpha value is -3.35. The normalized spacial score (nSPS) is 23.1. The maximum atomic E-state index is 15.6. The molecule has 34 heavy (non-hydrogen) atoms. The first kappa shape index (κ1) is 23.8. The fourth-order valence-corrected chi connectivity index (χ4v) is 4.00. The summed E-state index contributed by atoms with van der Waals surface area (Å²) in [7, 11) is 5.19. The second-order valence-corrected chi connectivity index (χ2v) is 8.30. The molecular formula is C22H28FN7O4. The Morgan fingerprint density at radius 1 is 1.32 bits per heavy atom. The van der Waals surface area contributed by atoms with Crippen LogP contribution in [0.1, 0.15) is 11.8 Å². The smallest absolute Gasteiger partial charge is 0.237 e. The van der Waals surface area contributed by atoms with Gasteiger partial charge in [0.1, 0.15) is 18.2 Å². The summed E-state index contributed by atoms with van der Waals surface area (Å²) in [6, 6.07) is 5.15. The number of hydrogen-bond acceptors (Lipinski definition) is 9. The van der Waals surface area contributed by atoms with Gasteiger partial charge in [-0.3, -0.25) is 9.36 Å². The highest BCUT2D eigenvalue weighted by molar-refractivity contribution is 5.83. The van der Waals surface area contributed by atoms with E-state index in [0.29, 0.717) is 22.7 Å². The second-order valence-electron chi connectivity index (χ2n) is 8.30. The summed E-state index contributed by atoms with van der Waals surface area (Å²) in [6.07, 6.45) is -0.759. The van der Waals surface area contributed by atoms with Gasteiger partial charge in [-0.15, -0.1) is 0 Å². The molecule has 1 aliphatic heterocycles. The van der Waals surface area contributed by atoms with Crippen molar-refractivity contribution in [2.75, 3.05) is 32.7 Å². The van der Waals surface area contributed by atoms with Crippen LogP contribution < -0.4 is 20.7 Å². The van der Waals surface area contributed by atoms with Gasteiger partial charge in [0.2, 0.25) is 5.91 Å². The van der Waals surface area contributed by atoms with Crippen LogP contribution in [0.4, 0.5) is 10.2 Å². The van der Waals surface area contributed by atoms with E-state index in [4.69, 9.17) is 15.2 Å². The van der Waals surface area contributed by atoms with Gasteiger partial charge in [0.25, 0.3) is 0 Å². The number of amides is 1. The van der Waals surface area contributed by atoms with Crippen LogP contribution in [0.25, 0.3) is 11.2 Å². The highest BCUT2D eigenvalue weighted by atomic mass is 19.1. The first-order valence-electron chi connectivity index (χ1n) is 10.8. The van der Waals surface area contributed by atoms with Gasteiger partial charge in [-0.05, 0) is 24.1 Å². The molecule has 11 nitrogen and oxygen atoms in total. The number of carbonyl (C=O) groups is 1. The number of nitrogens with zero attached hydrogens (tertiary/aromatic N) is 5.